The van der Waals surface area contributed by atoms with Gasteiger partial charge < -0.3 is 9.84 Å². The zero-order chi connectivity index (χ0) is 27.9. The van der Waals surface area contributed by atoms with Crippen LogP contribution in [0.3, 0.4) is 0 Å². The molecule has 4 rings (SSSR count). The van der Waals surface area contributed by atoms with Crippen molar-refractivity contribution in [1.82, 2.24) is 9.55 Å². The molecule has 3 aromatic rings. The summed E-state index contributed by atoms with van der Waals surface area (Å²) in [6, 6.07) is 7.76. The second kappa shape index (κ2) is 10.5. The van der Waals surface area contributed by atoms with Crippen molar-refractivity contribution in [2.45, 2.75) is 40.4 Å². The van der Waals surface area contributed by atoms with Crippen molar-refractivity contribution < 1.29 is 28.2 Å². The Bertz CT molecular complexity index is 1490. The van der Waals surface area contributed by atoms with E-state index >= 15 is 0 Å². The number of carbonyl (C=O) groups excluding carboxylic acids is 2. The maximum absolute atomic E-state index is 14.0. The predicted molar refractivity (Wildman–Crippen MR) is 137 cm³/mol. The molecule has 1 aromatic heterocycles. The molecule has 0 fully saturated rings. The van der Waals surface area contributed by atoms with Crippen LogP contribution in [0.1, 0.15) is 32.2 Å². The Kier molecular flexibility index (Phi) is 7.52. The Balaban J connectivity index is 1.71. The normalized spacial score (nSPS) is 14.3. The van der Waals surface area contributed by atoms with Gasteiger partial charge in [-0.2, -0.15) is 4.98 Å². The average molecular weight is 547 g/mol. The van der Waals surface area contributed by atoms with E-state index in [1.165, 1.54) is 41.2 Å². The number of amides is 2. The number of ether oxygens (including phenoxy) is 1. The van der Waals surface area contributed by atoms with Crippen molar-refractivity contribution in [3.05, 3.63) is 74.8 Å². The van der Waals surface area contributed by atoms with Crippen molar-refractivity contribution >= 4 is 34.8 Å². The number of anilines is 2. The summed E-state index contributed by atoms with van der Waals surface area (Å²) < 4.78 is 33.8. The smallest absolute Gasteiger partial charge is 0.280 e. The Labute approximate surface area is 221 Å². The van der Waals surface area contributed by atoms with Crippen LogP contribution in [0.5, 0.6) is 5.88 Å². The molecule has 1 N–H and O–H groups in total. The van der Waals surface area contributed by atoms with E-state index in [4.69, 9.17) is 16.3 Å². The highest BCUT2D eigenvalue weighted by Crippen LogP contribution is 2.39. The first-order chi connectivity index (χ1) is 17.9. The van der Waals surface area contributed by atoms with Crippen LogP contribution < -0.4 is 20.1 Å². The number of aliphatic hydroxyl groups excluding tert-OH is 1. The number of aromatic nitrogens is 2. The number of halogens is 3. The third-order valence-electron chi connectivity index (χ3n) is 6.39. The molecule has 2 atom stereocenters. The number of benzene rings is 2. The van der Waals surface area contributed by atoms with Crippen molar-refractivity contribution in [3.8, 4) is 11.6 Å². The van der Waals surface area contributed by atoms with Gasteiger partial charge in [-0.1, -0.05) is 18.5 Å². The summed E-state index contributed by atoms with van der Waals surface area (Å²) >= 11 is 6.27. The molecule has 1 aliphatic rings. The Morgan fingerprint density at radius 1 is 1.13 bits per heavy atom. The van der Waals surface area contributed by atoms with Crippen molar-refractivity contribution in [1.29, 1.82) is 0 Å². The van der Waals surface area contributed by atoms with Crippen molar-refractivity contribution in [2.24, 2.45) is 5.92 Å². The molecule has 0 bridgehead atoms. The highest BCUT2D eigenvalue weighted by Gasteiger charge is 2.36. The first-order valence-corrected chi connectivity index (χ1v) is 12.1. The minimum Gasteiger partial charge on any atom is -0.471 e. The number of aryl methyl sites for hydroxylation is 1. The molecule has 0 radical (unpaired) electrons. The lowest BCUT2D eigenvalue weighted by molar-refractivity contribution is -0.124. The van der Waals surface area contributed by atoms with Crippen LogP contribution >= 0.6 is 11.6 Å². The third-order valence-corrected chi connectivity index (χ3v) is 6.71. The summed E-state index contributed by atoms with van der Waals surface area (Å²) in [5, 5.41) is 9.57. The lowest BCUT2D eigenvalue weighted by Gasteiger charge is -2.23. The van der Waals surface area contributed by atoms with Gasteiger partial charge in [0.1, 0.15) is 30.7 Å². The summed E-state index contributed by atoms with van der Waals surface area (Å²) in [5.41, 5.74) is 0.550. The Hall–Kier alpha value is -3.83. The number of rotatable bonds is 6. The first kappa shape index (κ1) is 27.2. The standard InChI is InChI=1S/C26H25ClF2N4O5/c1-13(14(2)34)25(36)32-12-31(16(4)35)21-8-7-19(10-22(21)32)33-15(3)30-24(23(27)26(33)37)38-11-17-5-6-18(28)9-20(17)29/h5-10,13-14,34H,11-12H2,1-4H3. The molecule has 200 valence electrons. The number of nitrogens with zero attached hydrogens (tertiary/aromatic N) is 4. The number of hydrogen-bond acceptors (Lipinski definition) is 6. The molecule has 0 saturated carbocycles. The molecular weight excluding hydrogens is 522 g/mol. The quantitative estimate of drug-likeness (QED) is 0.505. The number of carbonyl (C=O) groups is 2. The van der Waals surface area contributed by atoms with E-state index in [2.05, 4.69) is 4.98 Å². The van der Waals surface area contributed by atoms with Crippen LogP contribution in [0.25, 0.3) is 5.69 Å². The number of fused-ring (bicyclic) bond motifs is 1. The van der Waals surface area contributed by atoms with Crippen molar-refractivity contribution in [3.63, 3.8) is 0 Å². The van der Waals surface area contributed by atoms with Gasteiger partial charge in [-0.05, 0) is 44.2 Å². The molecule has 2 amide bonds. The molecule has 1 aliphatic heterocycles. The summed E-state index contributed by atoms with van der Waals surface area (Å²) in [4.78, 5) is 45.6. The van der Waals surface area contributed by atoms with E-state index in [0.717, 1.165) is 6.07 Å². The zero-order valence-electron chi connectivity index (χ0n) is 21.0. The maximum Gasteiger partial charge on any atom is 0.280 e. The van der Waals surface area contributed by atoms with E-state index in [-0.39, 0.29) is 47.4 Å². The molecular formula is C26H25ClF2N4O5. The SMILES string of the molecule is CC(=O)N1CN(C(=O)C(C)C(C)O)c2cc(-n3c(C)nc(OCc4ccc(F)cc4F)c(Cl)c3=O)ccc21. The van der Waals surface area contributed by atoms with Gasteiger partial charge >= 0.3 is 0 Å². The van der Waals surface area contributed by atoms with Crippen LogP contribution in [0, 0.1) is 24.5 Å². The fraction of sp³-hybridized carbons (Fsp3) is 0.308. The van der Waals surface area contributed by atoms with Gasteiger partial charge in [0.25, 0.3) is 5.56 Å². The molecule has 2 unspecified atom stereocenters. The summed E-state index contributed by atoms with van der Waals surface area (Å²) in [7, 11) is 0. The summed E-state index contributed by atoms with van der Waals surface area (Å²) in [6.45, 7) is 5.63. The Morgan fingerprint density at radius 2 is 1.84 bits per heavy atom. The fourth-order valence-electron chi connectivity index (χ4n) is 4.07. The average Bonchev–Trinajstić information content (AvgIpc) is 3.24. The van der Waals surface area contributed by atoms with Crippen LogP contribution in [-0.4, -0.2) is 39.2 Å². The second-order valence-corrected chi connectivity index (χ2v) is 9.38. The van der Waals surface area contributed by atoms with Crippen LogP contribution in [-0.2, 0) is 16.2 Å². The van der Waals surface area contributed by atoms with Gasteiger partial charge in [-0.15, -0.1) is 0 Å². The van der Waals surface area contributed by atoms with Gasteiger partial charge in [0.2, 0.25) is 17.7 Å². The van der Waals surface area contributed by atoms with E-state index in [1.807, 2.05) is 0 Å². The molecule has 38 heavy (non-hydrogen) atoms. The zero-order valence-corrected chi connectivity index (χ0v) is 21.8. The summed E-state index contributed by atoms with van der Waals surface area (Å²) in [5.74, 6) is -2.99. The van der Waals surface area contributed by atoms with E-state index in [0.29, 0.717) is 23.1 Å². The molecule has 0 spiro atoms. The molecule has 0 saturated heterocycles. The topological polar surface area (TPSA) is 105 Å². The highest BCUT2D eigenvalue weighted by atomic mass is 35.5. The van der Waals surface area contributed by atoms with Crippen LogP contribution in [0.2, 0.25) is 5.02 Å². The van der Waals surface area contributed by atoms with Crippen LogP contribution in [0.4, 0.5) is 20.2 Å². The molecule has 9 nitrogen and oxygen atoms in total. The van der Waals surface area contributed by atoms with Gasteiger partial charge in [0.05, 0.1) is 29.1 Å². The van der Waals surface area contributed by atoms with E-state index in [9.17, 15) is 28.3 Å². The molecule has 0 aliphatic carbocycles. The van der Waals surface area contributed by atoms with Gasteiger partial charge in [-0.25, -0.2) is 8.78 Å². The molecule has 12 heteroatoms. The fourth-order valence-corrected chi connectivity index (χ4v) is 4.25. The molecule has 2 aromatic carbocycles. The monoisotopic (exact) mass is 546 g/mol. The highest BCUT2D eigenvalue weighted by molar-refractivity contribution is 6.31. The molecule has 2 heterocycles. The predicted octanol–water partition coefficient (Wildman–Crippen LogP) is 3.73. The lowest BCUT2D eigenvalue weighted by atomic mass is 10.0. The van der Waals surface area contributed by atoms with Crippen molar-refractivity contribution in [2.75, 3.05) is 16.5 Å². The number of aliphatic hydroxyl groups is 1. The lowest BCUT2D eigenvalue weighted by Crippen LogP contribution is -2.42. The maximum atomic E-state index is 14.0. The summed E-state index contributed by atoms with van der Waals surface area (Å²) in [6.07, 6.45) is -0.913. The van der Waals surface area contributed by atoms with E-state index < -0.39 is 29.2 Å². The van der Waals surface area contributed by atoms with Crippen LogP contribution in [0.15, 0.2) is 41.2 Å². The minimum absolute atomic E-state index is 0.0381. The van der Waals surface area contributed by atoms with Gasteiger partial charge in [0, 0.05) is 18.6 Å². The van der Waals surface area contributed by atoms with E-state index in [1.54, 1.807) is 25.1 Å². The minimum atomic E-state index is -0.913. The first-order valence-electron chi connectivity index (χ1n) is 11.7. The second-order valence-electron chi connectivity index (χ2n) is 9.00. The van der Waals surface area contributed by atoms with Gasteiger partial charge in [0.15, 0.2) is 5.02 Å². The Morgan fingerprint density at radius 3 is 2.47 bits per heavy atom. The number of hydrogen-bond donors (Lipinski definition) is 1. The van der Waals surface area contributed by atoms with Gasteiger partial charge in [-0.3, -0.25) is 28.8 Å². The third kappa shape index (κ3) is 4.99. The largest absolute Gasteiger partial charge is 0.471 e.